The molecule has 8 rings (SSSR count). The predicted octanol–water partition coefficient (Wildman–Crippen LogP) is 17.5. The molecule has 60 heavy (non-hydrogen) atoms. The summed E-state index contributed by atoms with van der Waals surface area (Å²) in [5.41, 5.74) is 15.5. The van der Waals surface area contributed by atoms with Crippen molar-refractivity contribution < 1.29 is 0 Å². The van der Waals surface area contributed by atoms with Gasteiger partial charge in [-0.3, -0.25) is 0 Å². The zero-order valence-electron chi connectivity index (χ0n) is 37.1. The number of hydrogen-bond donors (Lipinski definition) is 0. The van der Waals surface area contributed by atoms with Gasteiger partial charge in [0.1, 0.15) is 0 Å². The summed E-state index contributed by atoms with van der Waals surface area (Å²) >= 11 is 0. The van der Waals surface area contributed by atoms with Gasteiger partial charge in [-0.1, -0.05) is 137 Å². The molecule has 8 aromatic carbocycles. The van der Waals surface area contributed by atoms with Gasteiger partial charge in [0.25, 0.3) is 0 Å². The molecule has 0 saturated heterocycles. The van der Waals surface area contributed by atoms with Crippen LogP contribution in [0.5, 0.6) is 0 Å². The van der Waals surface area contributed by atoms with Gasteiger partial charge in [0, 0.05) is 33.5 Å². The van der Waals surface area contributed by atoms with Crippen molar-refractivity contribution in [3.05, 3.63) is 167 Å². The van der Waals surface area contributed by atoms with Gasteiger partial charge in [-0.05, 0) is 170 Å². The van der Waals surface area contributed by atoms with E-state index in [4.69, 9.17) is 0 Å². The van der Waals surface area contributed by atoms with E-state index < -0.39 is 0 Å². The summed E-state index contributed by atoms with van der Waals surface area (Å²) in [6, 6.07) is 51.9. The molecule has 0 fully saturated rings. The van der Waals surface area contributed by atoms with E-state index in [-0.39, 0.29) is 0 Å². The number of aryl methyl sites for hydroxylation is 6. The SMILES string of the molecule is CCCCc1ccc(N(c2ccc(C)cc2)c2cc(CCCC)c3ccc4c(N(c5ccc(C)cc5)c5ccc(CCCC)cc5)cc(CCCC)c5ccc2c3c54)cc1. The van der Waals surface area contributed by atoms with Crippen molar-refractivity contribution in [3.8, 4) is 0 Å². The van der Waals surface area contributed by atoms with Crippen LogP contribution in [0.4, 0.5) is 34.1 Å². The molecule has 0 unspecified atom stereocenters. The van der Waals surface area contributed by atoms with Crippen molar-refractivity contribution in [2.75, 3.05) is 9.80 Å². The quantitative estimate of drug-likeness (QED) is 0.0799. The zero-order valence-corrected chi connectivity index (χ0v) is 37.1. The van der Waals surface area contributed by atoms with Gasteiger partial charge < -0.3 is 9.80 Å². The first-order chi connectivity index (χ1) is 29.4. The second kappa shape index (κ2) is 18.8. The van der Waals surface area contributed by atoms with E-state index in [9.17, 15) is 0 Å². The maximum Gasteiger partial charge on any atom is 0.0543 e. The van der Waals surface area contributed by atoms with Crippen LogP contribution in [0.15, 0.2) is 133 Å². The smallest absolute Gasteiger partial charge is 0.0543 e. The molecule has 0 amide bonds. The molecule has 0 heterocycles. The summed E-state index contributed by atoms with van der Waals surface area (Å²) in [7, 11) is 0. The number of hydrogen-bond acceptors (Lipinski definition) is 2. The lowest BCUT2D eigenvalue weighted by Crippen LogP contribution is -2.13. The highest BCUT2D eigenvalue weighted by Crippen LogP contribution is 2.50. The third-order valence-electron chi connectivity index (χ3n) is 12.7. The van der Waals surface area contributed by atoms with E-state index in [1.54, 1.807) is 0 Å². The molecule has 2 heteroatoms. The minimum absolute atomic E-state index is 1.05. The van der Waals surface area contributed by atoms with Gasteiger partial charge >= 0.3 is 0 Å². The first-order valence-corrected chi connectivity index (χ1v) is 23.1. The van der Waals surface area contributed by atoms with Crippen LogP contribution < -0.4 is 9.80 Å². The average molecular weight is 789 g/mol. The maximum atomic E-state index is 2.53. The Labute approximate surface area is 360 Å². The van der Waals surface area contributed by atoms with Crippen molar-refractivity contribution in [2.45, 2.75) is 119 Å². The Kier molecular flexibility index (Phi) is 12.9. The Balaban J connectivity index is 1.43. The Morgan fingerprint density at radius 2 is 0.633 bits per heavy atom. The predicted molar refractivity (Wildman–Crippen MR) is 263 cm³/mol. The topological polar surface area (TPSA) is 6.48 Å². The fraction of sp³-hybridized carbons (Fsp3) is 0.310. The van der Waals surface area contributed by atoms with Gasteiger partial charge in [-0.15, -0.1) is 0 Å². The lowest BCUT2D eigenvalue weighted by molar-refractivity contribution is 0.795. The monoisotopic (exact) mass is 789 g/mol. The third kappa shape index (κ3) is 8.40. The van der Waals surface area contributed by atoms with Gasteiger partial charge in [0.05, 0.1) is 11.4 Å². The van der Waals surface area contributed by atoms with E-state index in [2.05, 4.69) is 185 Å². The Bertz CT molecular complexity index is 2450. The van der Waals surface area contributed by atoms with Crippen molar-refractivity contribution >= 4 is 66.4 Å². The lowest BCUT2D eigenvalue weighted by Gasteiger charge is -2.31. The molecule has 0 aliphatic heterocycles. The Hall–Kier alpha value is -5.60. The second-order valence-electron chi connectivity index (χ2n) is 17.3. The first kappa shape index (κ1) is 41.1. The van der Waals surface area contributed by atoms with Crippen molar-refractivity contribution in [1.29, 1.82) is 0 Å². The van der Waals surface area contributed by atoms with E-state index in [1.165, 1.54) is 126 Å². The van der Waals surface area contributed by atoms with E-state index in [0.29, 0.717) is 0 Å². The van der Waals surface area contributed by atoms with Gasteiger partial charge in [-0.25, -0.2) is 0 Å². The molecule has 306 valence electrons. The van der Waals surface area contributed by atoms with Gasteiger partial charge in [-0.2, -0.15) is 0 Å². The number of nitrogens with zero attached hydrogens (tertiary/aromatic N) is 2. The summed E-state index contributed by atoms with van der Waals surface area (Å²) in [5.74, 6) is 0. The van der Waals surface area contributed by atoms with Crippen molar-refractivity contribution in [2.24, 2.45) is 0 Å². The molecule has 2 nitrogen and oxygen atoms in total. The highest BCUT2D eigenvalue weighted by Gasteiger charge is 2.25. The van der Waals surface area contributed by atoms with E-state index >= 15 is 0 Å². The molecule has 0 radical (unpaired) electrons. The van der Waals surface area contributed by atoms with Crippen LogP contribution in [0.2, 0.25) is 0 Å². The van der Waals surface area contributed by atoms with E-state index in [0.717, 1.165) is 51.4 Å². The summed E-state index contributed by atoms with van der Waals surface area (Å²) < 4.78 is 0. The number of anilines is 6. The molecule has 0 spiro atoms. The van der Waals surface area contributed by atoms with Crippen LogP contribution in [0.25, 0.3) is 32.3 Å². The highest BCUT2D eigenvalue weighted by molar-refractivity contribution is 6.29. The average Bonchev–Trinajstić information content (AvgIpc) is 3.28. The number of unbranched alkanes of at least 4 members (excludes halogenated alkanes) is 4. The summed E-state index contributed by atoms with van der Waals surface area (Å²) in [5, 5.41) is 8.17. The molecule has 0 atom stereocenters. The van der Waals surface area contributed by atoms with Crippen LogP contribution in [0.3, 0.4) is 0 Å². The van der Waals surface area contributed by atoms with Crippen LogP contribution >= 0.6 is 0 Å². The normalized spacial score (nSPS) is 11.6. The van der Waals surface area contributed by atoms with Gasteiger partial charge in [0.2, 0.25) is 0 Å². The Morgan fingerprint density at radius 1 is 0.333 bits per heavy atom. The molecular formula is C58H64N2. The highest BCUT2D eigenvalue weighted by atomic mass is 15.1. The largest absolute Gasteiger partial charge is 0.310 e. The first-order valence-electron chi connectivity index (χ1n) is 23.1. The Morgan fingerprint density at radius 3 is 0.967 bits per heavy atom. The standard InChI is InChI=1S/C58H64N2/c1-7-11-15-43-23-31-49(32-24-43)59(47-27-19-41(5)20-28-47)55-39-45(17-13-9-3)51-36-38-54-56(40-46(18-14-10-4)52-35-37-53(55)57(51)58(52)54)60(48-29-21-42(6)22-30-48)50-33-25-44(26-34-50)16-12-8-2/h19-40H,7-18H2,1-6H3. The number of rotatable bonds is 18. The molecule has 0 bridgehead atoms. The fourth-order valence-corrected chi connectivity index (χ4v) is 9.24. The van der Waals surface area contributed by atoms with Crippen molar-refractivity contribution in [3.63, 3.8) is 0 Å². The minimum atomic E-state index is 1.05. The summed E-state index contributed by atoms with van der Waals surface area (Å²) in [4.78, 5) is 5.06. The molecule has 8 aromatic rings. The summed E-state index contributed by atoms with van der Waals surface area (Å²) in [6.07, 6.45) is 13.8. The fourth-order valence-electron chi connectivity index (χ4n) is 9.24. The molecule has 0 aromatic heterocycles. The molecule has 0 N–H and O–H groups in total. The van der Waals surface area contributed by atoms with Crippen LogP contribution in [0.1, 0.15) is 112 Å². The maximum absolute atomic E-state index is 2.53. The molecular weight excluding hydrogens is 725 g/mol. The minimum Gasteiger partial charge on any atom is -0.310 e. The molecule has 0 aliphatic rings. The third-order valence-corrected chi connectivity index (χ3v) is 12.7. The van der Waals surface area contributed by atoms with Crippen LogP contribution in [-0.2, 0) is 25.7 Å². The summed E-state index contributed by atoms with van der Waals surface area (Å²) in [6.45, 7) is 13.6. The lowest BCUT2D eigenvalue weighted by atomic mass is 9.86. The van der Waals surface area contributed by atoms with E-state index in [1.807, 2.05) is 0 Å². The second-order valence-corrected chi connectivity index (χ2v) is 17.3. The number of benzene rings is 8. The van der Waals surface area contributed by atoms with Crippen LogP contribution in [-0.4, -0.2) is 0 Å². The molecule has 0 aliphatic carbocycles. The van der Waals surface area contributed by atoms with Crippen molar-refractivity contribution in [1.82, 2.24) is 0 Å². The molecule has 0 saturated carbocycles. The zero-order chi connectivity index (χ0) is 41.6. The van der Waals surface area contributed by atoms with Gasteiger partial charge in [0.15, 0.2) is 0 Å². The van der Waals surface area contributed by atoms with Crippen LogP contribution in [0, 0.1) is 13.8 Å².